The van der Waals surface area contributed by atoms with Crippen LogP contribution in [0.3, 0.4) is 0 Å². The lowest BCUT2D eigenvalue weighted by Gasteiger charge is -2.39. The number of amides is 1. The van der Waals surface area contributed by atoms with Crippen molar-refractivity contribution in [1.29, 1.82) is 0 Å². The number of halogens is 3. The maximum atomic E-state index is 12.9. The van der Waals surface area contributed by atoms with Crippen molar-refractivity contribution < 1.29 is 27.2 Å². The van der Waals surface area contributed by atoms with Gasteiger partial charge in [-0.3, -0.25) is 9.69 Å². The predicted octanol–water partition coefficient (Wildman–Crippen LogP) is 5.03. The molecular formula is C30H44F3N4O2+. The Bertz CT molecular complexity index is 1110. The van der Waals surface area contributed by atoms with Crippen molar-refractivity contribution >= 4 is 5.91 Å². The van der Waals surface area contributed by atoms with Gasteiger partial charge in [0.1, 0.15) is 5.75 Å². The summed E-state index contributed by atoms with van der Waals surface area (Å²) in [4.78, 5) is 16.9. The van der Waals surface area contributed by atoms with Gasteiger partial charge in [-0.1, -0.05) is 6.07 Å². The molecule has 2 unspecified atom stereocenters. The van der Waals surface area contributed by atoms with E-state index in [-0.39, 0.29) is 17.5 Å². The van der Waals surface area contributed by atoms with Gasteiger partial charge in [0.05, 0.1) is 38.9 Å². The van der Waals surface area contributed by atoms with Crippen molar-refractivity contribution in [3.8, 4) is 5.75 Å². The highest BCUT2D eigenvalue weighted by Crippen LogP contribution is 2.32. The number of ether oxygens (including phenoxy) is 1. The summed E-state index contributed by atoms with van der Waals surface area (Å²) in [6, 6.07) is 9.21. The summed E-state index contributed by atoms with van der Waals surface area (Å²) in [7, 11) is 4.40. The number of carbonyl (C=O) groups is 1. The van der Waals surface area contributed by atoms with Crippen molar-refractivity contribution in [3.05, 3.63) is 64.2 Å². The molecule has 1 amide bonds. The number of nitrogens with two attached hydrogens (primary N) is 1. The van der Waals surface area contributed by atoms with Gasteiger partial charge in [0, 0.05) is 50.7 Å². The topological polar surface area (TPSA) is 58.8 Å². The summed E-state index contributed by atoms with van der Waals surface area (Å²) in [6.45, 7) is 13.3. The third kappa shape index (κ3) is 7.52. The number of piperazine rings is 1. The number of likely N-dealkylation sites (N-methyl/N-ethyl adjacent to an activating group) is 1. The largest absolute Gasteiger partial charge is 0.493 e. The molecule has 0 aromatic heterocycles. The van der Waals surface area contributed by atoms with Crippen LogP contribution in [0.1, 0.15) is 58.9 Å². The minimum atomic E-state index is -4.41. The van der Waals surface area contributed by atoms with Crippen LogP contribution in [0.4, 0.5) is 13.2 Å². The van der Waals surface area contributed by atoms with Crippen molar-refractivity contribution in [3.63, 3.8) is 0 Å². The molecule has 1 fully saturated rings. The van der Waals surface area contributed by atoms with Crippen LogP contribution in [-0.2, 0) is 6.18 Å². The first kappa shape index (κ1) is 30.9. The van der Waals surface area contributed by atoms with Gasteiger partial charge in [-0.2, -0.15) is 13.2 Å². The van der Waals surface area contributed by atoms with E-state index < -0.39 is 11.7 Å². The molecule has 39 heavy (non-hydrogen) atoms. The molecule has 2 aromatic carbocycles. The number of rotatable bonds is 10. The molecule has 2 atom stereocenters. The second-order valence-corrected chi connectivity index (χ2v) is 11.3. The second-order valence-electron chi connectivity index (χ2n) is 11.3. The quantitative estimate of drug-likeness (QED) is 0.334. The standard InChI is InChI=1S/C30H44F3N4O2/c1-21(20-34)37(5,6)18-7-19-39-28-13-12-27(22(2)23(28)3)24(4)35-14-16-36(17-15-35)29(38)25-8-10-26(11-9-25)30(31,32)33/h8-13,21,24H,7,14-20,34H2,1-6H3/q+1. The van der Waals surface area contributed by atoms with Crippen LogP contribution in [0.2, 0.25) is 0 Å². The summed E-state index contributed by atoms with van der Waals surface area (Å²) in [5.74, 6) is 0.678. The molecule has 2 aromatic rings. The zero-order valence-corrected chi connectivity index (χ0v) is 24.1. The number of hydrogen-bond donors (Lipinski definition) is 1. The molecule has 2 N–H and O–H groups in total. The Morgan fingerprint density at radius 2 is 1.62 bits per heavy atom. The van der Waals surface area contributed by atoms with Crippen LogP contribution in [0, 0.1) is 13.8 Å². The molecule has 1 saturated heterocycles. The van der Waals surface area contributed by atoms with Gasteiger partial charge in [0.2, 0.25) is 0 Å². The lowest BCUT2D eigenvalue weighted by Crippen LogP contribution is -2.51. The van der Waals surface area contributed by atoms with Gasteiger partial charge in [0.15, 0.2) is 0 Å². The molecule has 0 radical (unpaired) electrons. The van der Waals surface area contributed by atoms with Gasteiger partial charge in [0.25, 0.3) is 5.91 Å². The van der Waals surface area contributed by atoms with Crippen molar-refractivity contribution in [2.75, 3.05) is 60.0 Å². The van der Waals surface area contributed by atoms with E-state index in [0.717, 1.165) is 40.9 Å². The highest BCUT2D eigenvalue weighted by atomic mass is 19.4. The maximum absolute atomic E-state index is 12.9. The number of quaternary nitrogens is 1. The third-order valence-corrected chi connectivity index (χ3v) is 8.51. The Morgan fingerprint density at radius 1 is 1.00 bits per heavy atom. The van der Waals surface area contributed by atoms with Gasteiger partial charge in [-0.25, -0.2) is 0 Å². The Hall–Kier alpha value is -2.62. The van der Waals surface area contributed by atoms with E-state index in [0.29, 0.717) is 45.4 Å². The highest BCUT2D eigenvalue weighted by molar-refractivity contribution is 5.94. The van der Waals surface area contributed by atoms with Crippen LogP contribution >= 0.6 is 0 Å². The fourth-order valence-electron chi connectivity index (χ4n) is 5.08. The number of hydrogen-bond acceptors (Lipinski definition) is 4. The normalized spacial score (nSPS) is 16.7. The van der Waals surface area contributed by atoms with Gasteiger partial charge >= 0.3 is 6.18 Å². The van der Waals surface area contributed by atoms with Crippen LogP contribution in [0.5, 0.6) is 5.75 Å². The molecule has 1 aliphatic rings. The van der Waals surface area contributed by atoms with Crippen LogP contribution < -0.4 is 10.5 Å². The maximum Gasteiger partial charge on any atom is 0.416 e. The fourth-order valence-corrected chi connectivity index (χ4v) is 5.08. The van der Waals surface area contributed by atoms with Crippen molar-refractivity contribution in [2.24, 2.45) is 5.73 Å². The first-order chi connectivity index (χ1) is 18.3. The number of carbonyl (C=O) groups excluding carboxylic acids is 1. The molecule has 0 aliphatic carbocycles. The summed E-state index contributed by atoms with van der Waals surface area (Å²) in [6.07, 6.45) is -3.46. The van der Waals surface area contributed by atoms with Gasteiger partial charge < -0.3 is 19.9 Å². The molecule has 1 heterocycles. The van der Waals surface area contributed by atoms with E-state index >= 15 is 0 Å². The molecule has 1 aliphatic heterocycles. The van der Waals surface area contributed by atoms with Gasteiger partial charge in [-0.15, -0.1) is 0 Å². The Kier molecular flexibility index (Phi) is 10.1. The summed E-state index contributed by atoms with van der Waals surface area (Å²) in [5.41, 5.74) is 8.95. The fraction of sp³-hybridized carbons (Fsp3) is 0.567. The van der Waals surface area contributed by atoms with Crippen LogP contribution in [0.25, 0.3) is 0 Å². The molecule has 9 heteroatoms. The van der Waals surface area contributed by atoms with E-state index in [1.165, 1.54) is 23.3 Å². The summed E-state index contributed by atoms with van der Waals surface area (Å²) in [5, 5.41) is 0. The number of nitrogens with zero attached hydrogens (tertiary/aromatic N) is 3. The molecular weight excluding hydrogens is 505 g/mol. The van der Waals surface area contributed by atoms with E-state index in [1.807, 2.05) is 0 Å². The molecule has 0 spiro atoms. The second kappa shape index (κ2) is 12.7. The molecule has 0 bridgehead atoms. The van der Waals surface area contributed by atoms with Gasteiger partial charge in [-0.05, 0) is 74.7 Å². The van der Waals surface area contributed by atoms with E-state index in [9.17, 15) is 18.0 Å². The monoisotopic (exact) mass is 549 g/mol. The van der Waals surface area contributed by atoms with Crippen molar-refractivity contribution in [2.45, 2.75) is 52.4 Å². The van der Waals surface area contributed by atoms with E-state index in [1.54, 1.807) is 4.90 Å². The highest BCUT2D eigenvalue weighted by Gasteiger charge is 2.31. The summed E-state index contributed by atoms with van der Waals surface area (Å²) >= 11 is 0. The van der Waals surface area contributed by atoms with Crippen LogP contribution in [0.15, 0.2) is 36.4 Å². The average Bonchev–Trinajstić information content (AvgIpc) is 2.91. The lowest BCUT2D eigenvalue weighted by atomic mass is 9.96. The molecule has 6 nitrogen and oxygen atoms in total. The minimum absolute atomic E-state index is 0.164. The minimum Gasteiger partial charge on any atom is -0.493 e. The van der Waals surface area contributed by atoms with E-state index in [2.05, 4.69) is 58.8 Å². The SMILES string of the molecule is Cc1c(OCCC[N+](C)(C)C(C)CN)ccc(C(C)N2CCN(C(=O)c3ccc(C(F)(F)F)cc3)CC2)c1C. The van der Waals surface area contributed by atoms with Crippen LogP contribution in [-0.4, -0.2) is 86.2 Å². The Morgan fingerprint density at radius 3 is 2.18 bits per heavy atom. The zero-order chi connectivity index (χ0) is 29.0. The Balaban J connectivity index is 1.55. The number of alkyl halides is 3. The summed E-state index contributed by atoms with van der Waals surface area (Å²) < 4.78 is 45.6. The first-order valence-electron chi connectivity index (χ1n) is 13.7. The molecule has 0 saturated carbocycles. The van der Waals surface area contributed by atoms with E-state index in [4.69, 9.17) is 10.5 Å². The molecule has 216 valence electrons. The lowest BCUT2D eigenvalue weighted by molar-refractivity contribution is -0.911. The third-order valence-electron chi connectivity index (χ3n) is 8.51. The van der Waals surface area contributed by atoms with Crippen molar-refractivity contribution in [1.82, 2.24) is 9.80 Å². The smallest absolute Gasteiger partial charge is 0.416 e. The molecule has 3 rings (SSSR count). The Labute approximate surface area is 231 Å². The number of benzene rings is 2. The predicted molar refractivity (Wildman–Crippen MR) is 149 cm³/mol. The average molecular weight is 550 g/mol. The zero-order valence-electron chi connectivity index (χ0n) is 24.1. The first-order valence-corrected chi connectivity index (χ1v) is 13.7.